The Morgan fingerprint density at radius 1 is 1.23 bits per heavy atom. The van der Waals surface area contributed by atoms with Crippen LogP contribution in [0.2, 0.25) is 5.02 Å². The first-order chi connectivity index (χ1) is 12.4. The Bertz CT molecular complexity index is 799. The Balaban J connectivity index is 1.88. The van der Waals surface area contributed by atoms with Crippen molar-refractivity contribution in [2.24, 2.45) is 0 Å². The minimum atomic E-state index is -1.08. The van der Waals surface area contributed by atoms with E-state index in [1.165, 1.54) is 38.3 Å². The van der Waals surface area contributed by atoms with E-state index in [1.807, 2.05) is 0 Å². The molecule has 0 fully saturated rings. The molecule has 0 aliphatic carbocycles. The van der Waals surface area contributed by atoms with Crippen molar-refractivity contribution in [3.63, 3.8) is 0 Å². The third kappa shape index (κ3) is 5.63. The second-order valence-electron chi connectivity index (χ2n) is 5.21. The van der Waals surface area contributed by atoms with Gasteiger partial charge in [0.25, 0.3) is 5.91 Å². The van der Waals surface area contributed by atoms with Gasteiger partial charge in [-0.3, -0.25) is 4.79 Å². The first-order valence-corrected chi connectivity index (χ1v) is 7.99. The van der Waals surface area contributed by atoms with Crippen LogP contribution < -0.4 is 14.8 Å². The summed E-state index contributed by atoms with van der Waals surface area (Å²) >= 11 is 5.90. The predicted molar refractivity (Wildman–Crippen MR) is 94.1 cm³/mol. The summed E-state index contributed by atoms with van der Waals surface area (Å²) in [6.45, 7) is 0.952. The van der Waals surface area contributed by atoms with Crippen molar-refractivity contribution in [3.05, 3.63) is 53.3 Å². The summed E-state index contributed by atoms with van der Waals surface area (Å²) in [7, 11) is 1.45. The fourth-order valence-corrected chi connectivity index (χ4v) is 2.17. The summed E-state index contributed by atoms with van der Waals surface area (Å²) in [6.07, 6.45) is -1.08. The lowest BCUT2D eigenvalue weighted by Crippen LogP contribution is -2.31. The molecule has 138 valence electrons. The van der Waals surface area contributed by atoms with Crippen molar-refractivity contribution in [2.75, 3.05) is 19.0 Å². The summed E-state index contributed by atoms with van der Waals surface area (Å²) in [5.41, 5.74) is 0.351. The van der Waals surface area contributed by atoms with Gasteiger partial charge in [0.2, 0.25) is 0 Å². The number of hydrogen-bond acceptors (Lipinski definition) is 5. The van der Waals surface area contributed by atoms with Crippen LogP contribution in [-0.2, 0) is 14.3 Å². The van der Waals surface area contributed by atoms with E-state index < -0.39 is 30.4 Å². The van der Waals surface area contributed by atoms with Crippen LogP contribution in [-0.4, -0.2) is 31.7 Å². The molecule has 2 rings (SSSR count). The van der Waals surface area contributed by atoms with E-state index >= 15 is 0 Å². The highest BCUT2D eigenvalue weighted by molar-refractivity contribution is 6.31. The Morgan fingerprint density at radius 2 is 2.00 bits per heavy atom. The van der Waals surface area contributed by atoms with Gasteiger partial charge in [-0.2, -0.15) is 0 Å². The molecule has 0 unspecified atom stereocenters. The van der Waals surface area contributed by atoms with Crippen molar-refractivity contribution in [1.29, 1.82) is 0 Å². The predicted octanol–water partition coefficient (Wildman–Crippen LogP) is 3.44. The number of halogens is 2. The summed E-state index contributed by atoms with van der Waals surface area (Å²) in [5.74, 6) is -1.22. The number of benzene rings is 2. The normalized spacial score (nSPS) is 11.4. The maximum Gasteiger partial charge on any atom is 0.344 e. The van der Waals surface area contributed by atoms with Crippen LogP contribution in [0.25, 0.3) is 0 Å². The Hall–Kier alpha value is -2.80. The quantitative estimate of drug-likeness (QED) is 0.744. The Labute approximate surface area is 154 Å². The first-order valence-electron chi connectivity index (χ1n) is 7.61. The molecule has 1 N–H and O–H groups in total. The van der Waals surface area contributed by atoms with Crippen LogP contribution in [0.15, 0.2) is 42.5 Å². The number of hydrogen-bond donors (Lipinski definition) is 1. The zero-order valence-electron chi connectivity index (χ0n) is 14.1. The van der Waals surface area contributed by atoms with Gasteiger partial charge in [0, 0.05) is 11.1 Å². The van der Waals surface area contributed by atoms with E-state index in [-0.39, 0.29) is 5.75 Å². The van der Waals surface area contributed by atoms with Crippen molar-refractivity contribution in [3.8, 4) is 11.5 Å². The van der Waals surface area contributed by atoms with E-state index in [1.54, 1.807) is 12.1 Å². The molecule has 0 radical (unpaired) electrons. The van der Waals surface area contributed by atoms with Crippen molar-refractivity contribution in [2.45, 2.75) is 13.0 Å². The van der Waals surface area contributed by atoms with Gasteiger partial charge in [0.1, 0.15) is 17.3 Å². The Morgan fingerprint density at radius 3 is 2.69 bits per heavy atom. The zero-order valence-corrected chi connectivity index (χ0v) is 14.9. The first kappa shape index (κ1) is 19.5. The van der Waals surface area contributed by atoms with Crippen LogP contribution in [0.5, 0.6) is 11.5 Å². The topological polar surface area (TPSA) is 73.9 Å². The Kier molecular flexibility index (Phi) is 6.80. The number of ether oxygens (including phenoxy) is 3. The fraction of sp³-hybridized carbons (Fsp3) is 0.222. The van der Waals surface area contributed by atoms with Gasteiger partial charge in [0.05, 0.1) is 12.8 Å². The largest absolute Gasteiger partial charge is 0.495 e. The maximum absolute atomic E-state index is 13.0. The molecule has 6 nitrogen and oxygen atoms in total. The van der Waals surface area contributed by atoms with Gasteiger partial charge in [0.15, 0.2) is 12.7 Å². The summed E-state index contributed by atoms with van der Waals surface area (Å²) in [6, 6.07) is 10.1. The molecule has 0 aliphatic heterocycles. The van der Waals surface area contributed by atoms with Crippen molar-refractivity contribution < 1.29 is 28.2 Å². The van der Waals surface area contributed by atoms with E-state index in [2.05, 4.69) is 5.32 Å². The average Bonchev–Trinajstić information content (AvgIpc) is 2.60. The molecule has 26 heavy (non-hydrogen) atoms. The van der Waals surface area contributed by atoms with E-state index in [4.69, 9.17) is 25.8 Å². The van der Waals surface area contributed by atoms with Gasteiger partial charge >= 0.3 is 5.97 Å². The molecular formula is C18H17ClFNO5. The van der Waals surface area contributed by atoms with Crippen LogP contribution in [0.3, 0.4) is 0 Å². The molecule has 0 bridgehead atoms. The number of carbonyl (C=O) groups is 2. The highest BCUT2D eigenvalue weighted by atomic mass is 35.5. The lowest BCUT2D eigenvalue weighted by molar-refractivity contribution is -0.155. The molecule has 0 saturated heterocycles. The number of amides is 1. The third-order valence-electron chi connectivity index (χ3n) is 3.25. The van der Waals surface area contributed by atoms with Gasteiger partial charge in [-0.25, -0.2) is 9.18 Å². The summed E-state index contributed by atoms with van der Waals surface area (Å²) in [5, 5.41) is 2.98. The number of nitrogens with one attached hydrogen (secondary N) is 1. The number of rotatable bonds is 7. The molecule has 0 heterocycles. The monoisotopic (exact) mass is 381 g/mol. The van der Waals surface area contributed by atoms with Gasteiger partial charge < -0.3 is 19.5 Å². The molecule has 2 aromatic carbocycles. The van der Waals surface area contributed by atoms with Crippen molar-refractivity contribution in [1.82, 2.24) is 0 Å². The number of carbonyl (C=O) groups excluding carboxylic acids is 2. The molecule has 0 aromatic heterocycles. The number of methoxy groups -OCH3 is 1. The van der Waals surface area contributed by atoms with Crippen LogP contribution in [0.4, 0.5) is 10.1 Å². The molecule has 0 spiro atoms. The third-order valence-corrected chi connectivity index (χ3v) is 3.48. The van der Waals surface area contributed by atoms with Crippen LogP contribution in [0.1, 0.15) is 6.92 Å². The minimum Gasteiger partial charge on any atom is -0.495 e. The molecule has 0 saturated carbocycles. The molecule has 8 heteroatoms. The average molecular weight is 382 g/mol. The van der Waals surface area contributed by atoms with Crippen molar-refractivity contribution >= 4 is 29.2 Å². The van der Waals surface area contributed by atoms with Crippen LogP contribution >= 0.6 is 11.6 Å². The molecule has 0 aliphatic rings. The standard InChI is InChI=1S/C18H17ClFNO5/c1-11(18(23)21-15-8-12(19)6-7-16(15)24-2)26-17(22)10-25-14-5-3-4-13(20)9-14/h3-9,11H,10H2,1-2H3,(H,21,23)/t11-/m0/s1. The second-order valence-corrected chi connectivity index (χ2v) is 5.65. The second kappa shape index (κ2) is 9.05. The maximum atomic E-state index is 13.0. The number of esters is 1. The molecular weight excluding hydrogens is 365 g/mol. The van der Waals surface area contributed by atoms with E-state index in [9.17, 15) is 14.0 Å². The SMILES string of the molecule is COc1ccc(Cl)cc1NC(=O)[C@H](C)OC(=O)COc1cccc(F)c1. The lowest BCUT2D eigenvalue weighted by atomic mass is 10.2. The molecule has 2 aromatic rings. The van der Waals surface area contributed by atoms with E-state index in [0.717, 1.165) is 6.07 Å². The molecule has 1 atom stereocenters. The lowest BCUT2D eigenvalue weighted by Gasteiger charge is -2.15. The fourth-order valence-electron chi connectivity index (χ4n) is 2.00. The summed E-state index contributed by atoms with van der Waals surface area (Å²) < 4.78 is 28.3. The highest BCUT2D eigenvalue weighted by Crippen LogP contribution is 2.27. The van der Waals surface area contributed by atoms with Gasteiger partial charge in [-0.1, -0.05) is 17.7 Å². The molecule has 1 amide bonds. The summed E-state index contributed by atoms with van der Waals surface area (Å²) in [4.78, 5) is 23.9. The van der Waals surface area contributed by atoms with Crippen LogP contribution in [0, 0.1) is 5.82 Å². The number of anilines is 1. The smallest absolute Gasteiger partial charge is 0.344 e. The minimum absolute atomic E-state index is 0.183. The van der Waals surface area contributed by atoms with E-state index in [0.29, 0.717) is 16.5 Å². The van der Waals surface area contributed by atoms with Gasteiger partial charge in [-0.15, -0.1) is 0 Å². The highest BCUT2D eigenvalue weighted by Gasteiger charge is 2.19. The van der Waals surface area contributed by atoms with Gasteiger partial charge in [-0.05, 0) is 37.3 Å². The zero-order chi connectivity index (χ0) is 19.1.